The van der Waals surface area contributed by atoms with Crippen molar-refractivity contribution in [2.24, 2.45) is 98.6 Å². The number of carboxylic acids is 1. The highest BCUT2D eigenvalue weighted by Crippen LogP contribution is 2.84. The summed E-state index contributed by atoms with van der Waals surface area (Å²) in [5.41, 5.74) is -0.386. The number of hydrogen-bond acceptors (Lipinski definition) is 6. The van der Waals surface area contributed by atoms with E-state index < -0.39 is 17.7 Å². The summed E-state index contributed by atoms with van der Waals surface area (Å²) in [5.74, 6) is 4.24. The van der Waals surface area contributed by atoms with Gasteiger partial charge in [0.1, 0.15) is 0 Å². The lowest BCUT2D eigenvalue weighted by Gasteiger charge is -2.63. The summed E-state index contributed by atoms with van der Waals surface area (Å²) in [6, 6.07) is 0.133. The van der Waals surface area contributed by atoms with E-state index in [1.807, 2.05) is 0 Å². The van der Waals surface area contributed by atoms with Crippen molar-refractivity contribution in [2.45, 2.75) is 200 Å². The van der Waals surface area contributed by atoms with Gasteiger partial charge in [-0.2, -0.15) is 0 Å². The Kier molecular flexibility index (Phi) is 10.7. The van der Waals surface area contributed by atoms with E-state index in [1.54, 1.807) is 0 Å². The highest BCUT2D eigenvalue weighted by atomic mass is 16.4. The number of rotatable bonds is 10. The average molecular weight is 808 g/mol. The number of nitrogens with one attached hydrogen (secondary N) is 1. The van der Waals surface area contributed by atoms with Crippen LogP contribution in [0.25, 0.3) is 0 Å². The van der Waals surface area contributed by atoms with Crippen LogP contribution in [0, 0.1) is 98.6 Å². The Morgan fingerprint density at radius 3 is 2.02 bits per heavy atom. The molecule has 9 aliphatic carbocycles. The van der Waals surface area contributed by atoms with Crippen LogP contribution in [0.4, 0.5) is 0 Å². The molecule has 1 spiro atoms. The molecule has 9 fully saturated rings. The number of carboxylic acid groups (broad SMARTS) is 1. The minimum absolute atomic E-state index is 0.0336. The second kappa shape index (κ2) is 14.7. The van der Waals surface area contributed by atoms with Crippen LogP contribution < -0.4 is 5.32 Å². The van der Waals surface area contributed by atoms with Crippen LogP contribution in [0.1, 0.15) is 170 Å². The summed E-state index contributed by atoms with van der Waals surface area (Å²) in [6.07, 6.45) is 17.7. The van der Waals surface area contributed by atoms with Gasteiger partial charge in [-0.05, 0) is 209 Å². The van der Waals surface area contributed by atoms with Gasteiger partial charge in [-0.15, -0.1) is 0 Å². The van der Waals surface area contributed by atoms with E-state index in [0.717, 1.165) is 83.5 Å². The number of fused-ring (bicyclic) bond motifs is 9. The summed E-state index contributed by atoms with van der Waals surface area (Å²) >= 11 is 0. The van der Waals surface area contributed by atoms with Gasteiger partial charge in [0, 0.05) is 24.3 Å². The Bertz CT molecular complexity index is 1590. The summed E-state index contributed by atoms with van der Waals surface area (Å²) in [4.78, 5) is 25.2. The van der Waals surface area contributed by atoms with Gasteiger partial charge < -0.3 is 30.8 Å². The van der Waals surface area contributed by atoms with Gasteiger partial charge in [0.05, 0.1) is 23.9 Å². The van der Waals surface area contributed by atoms with E-state index >= 15 is 0 Å². The van der Waals surface area contributed by atoms with Crippen molar-refractivity contribution < 1.29 is 35.1 Å². The first-order valence-corrected chi connectivity index (χ1v) is 24.7. The molecule has 6 N–H and O–H groups in total. The van der Waals surface area contributed by atoms with E-state index in [2.05, 4.69) is 46.9 Å². The smallest absolute Gasteiger partial charge is 0.303 e. The molecule has 22 atom stereocenters. The van der Waals surface area contributed by atoms with E-state index in [1.165, 1.54) is 25.7 Å². The zero-order valence-corrected chi connectivity index (χ0v) is 37.0. The van der Waals surface area contributed by atoms with E-state index in [0.29, 0.717) is 66.1 Å². The van der Waals surface area contributed by atoms with Crippen molar-refractivity contribution in [1.29, 1.82) is 0 Å². The SMILES string of the molecule is CC[C@]12CC[C@H]3[C@@H]([C@H](O)C[C@@H]4C[C@H](O)CC[C@@]43C)[C@@H]1CC[C@@H]2[C@H](C)CCC(=O)N[C@H]1CC[C@@]2(C)[C@@H](C1)C[C@@H](O)[C@@H]1[C@@H]2CC2(O)C(C)[C@]23[C@@H]([C@H](C)CCC(=O)O)CC[C@@H]13. The fraction of sp³-hybridized carbons (Fsp3) is 0.960. The summed E-state index contributed by atoms with van der Waals surface area (Å²) in [5, 5.41) is 59.7. The van der Waals surface area contributed by atoms with E-state index in [-0.39, 0.29) is 75.9 Å². The van der Waals surface area contributed by atoms with Gasteiger partial charge in [-0.25, -0.2) is 0 Å². The van der Waals surface area contributed by atoms with Gasteiger partial charge in [-0.1, -0.05) is 41.5 Å². The van der Waals surface area contributed by atoms with Crippen LogP contribution in [-0.2, 0) is 9.59 Å². The second-order valence-corrected chi connectivity index (χ2v) is 23.8. The lowest BCUT2D eigenvalue weighted by Crippen LogP contribution is -2.60. The Morgan fingerprint density at radius 2 is 1.31 bits per heavy atom. The molecule has 9 rings (SSSR count). The summed E-state index contributed by atoms with van der Waals surface area (Å²) < 4.78 is 0. The van der Waals surface area contributed by atoms with Gasteiger partial charge in [0.2, 0.25) is 5.91 Å². The molecule has 0 heterocycles. The van der Waals surface area contributed by atoms with Crippen molar-refractivity contribution in [3.8, 4) is 0 Å². The van der Waals surface area contributed by atoms with Crippen molar-refractivity contribution in [3.05, 3.63) is 0 Å². The molecule has 0 saturated heterocycles. The van der Waals surface area contributed by atoms with Gasteiger partial charge >= 0.3 is 5.97 Å². The van der Waals surface area contributed by atoms with Crippen molar-refractivity contribution in [1.82, 2.24) is 5.32 Å². The van der Waals surface area contributed by atoms with Crippen LogP contribution in [0.3, 0.4) is 0 Å². The first kappa shape index (κ1) is 42.1. The predicted molar refractivity (Wildman–Crippen MR) is 224 cm³/mol. The maximum atomic E-state index is 13.8. The molecular formula is C50H81NO7. The molecule has 9 saturated carbocycles. The minimum Gasteiger partial charge on any atom is -0.481 e. The lowest BCUT2D eigenvalue weighted by atomic mass is 9.43. The molecule has 0 aromatic rings. The third-order valence-corrected chi connectivity index (χ3v) is 22.4. The first-order chi connectivity index (χ1) is 27.5. The third kappa shape index (κ3) is 5.91. The molecular weight excluding hydrogens is 727 g/mol. The van der Waals surface area contributed by atoms with Crippen molar-refractivity contribution in [3.63, 3.8) is 0 Å². The molecule has 0 aliphatic heterocycles. The number of carbonyl (C=O) groups is 2. The number of amides is 1. The number of aliphatic hydroxyl groups excluding tert-OH is 3. The average Bonchev–Trinajstić information content (AvgIpc) is 3.51. The zero-order chi connectivity index (χ0) is 41.3. The fourth-order valence-corrected chi connectivity index (χ4v) is 19.6. The molecule has 8 nitrogen and oxygen atoms in total. The molecule has 58 heavy (non-hydrogen) atoms. The number of aliphatic hydroxyl groups is 4. The summed E-state index contributed by atoms with van der Waals surface area (Å²) in [6.45, 7) is 14.2. The highest BCUT2D eigenvalue weighted by molar-refractivity contribution is 5.76. The molecule has 0 aromatic carbocycles. The Hall–Kier alpha value is -1.22. The maximum Gasteiger partial charge on any atom is 0.303 e. The largest absolute Gasteiger partial charge is 0.481 e. The zero-order valence-electron chi connectivity index (χ0n) is 37.0. The first-order valence-electron chi connectivity index (χ1n) is 24.7. The lowest BCUT2D eigenvalue weighted by molar-refractivity contribution is -0.178. The molecule has 8 heteroatoms. The van der Waals surface area contributed by atoms with Gasteiger partial charge in [0.25, 0.3) is 0 Å². The minimum atomic E-state index is -0.745. The fourth-order valence-electron chi connectivity index (χ4n) is 19.6. The Balaban J connectivity index is 0.813. The predicted octanol–water partition coefficient (Wildman–Crippen LogP) is 8.37. The van der Waals surface area contributed by atoms with Crippen molar-refractivity contribution >= 4 is 11.9 Å². The second-order valence-electron chi connectivity index (χ2n) is 23.8. The van der Waals surface area contributed by atoms with Crippen LogP contribution in [0.2, 0.25) is 0 Å². The van der Waals surface area contributed by atoms with Crippen LogP contribution >= 0.6 is 0 Å². The topological polar surface area (TPSA) is 147 Å². The quantitative estimate of drug-likeness (QED) is 0.130. The van der Waals surface area contributed by atoms with E-state index in [4.69, 9.17) is 0 Å². The van der Waals surface area contributed by atoms with Crippen LogP contribution in [0.15, 0.2) is 0 Å². The van der Waals surface area contributed by atoms with Crippen molar-refractivity contribution in [2.75, 3.05) is 0 Å². The molecule has 0 radical (unpaired) electrons. The van der Waals surface area contributed by atoms with Gasteiger partial charge in [-0.3, -0.25) is 9.59 Å². The monoisotopic (exact) mass is 808 g/mol. The normalized spacial score (nSPS) is 55.0. The van der Waals surface area contributed by atoms with E-state index in [9.17, 15) is 35.1 Å². The maximum absolute atomic E-state index is 13.8. The summed E-state index contributed by atoms with van der Waals surface area (Å²) in [7, 11) is 0. The van der Waals surface area contributed by atoms with Gasteiger partial charge in [0.15, 0.2) is 0 Å². The highest BCUT2D eigenvalue weighted by Gasteiger charge is 2.85. The molecule has 0 aromatic heterocycles. The standard InChI is InChI=1S/C50H81NO7/c1-7-48-21-18-36-44(40(53)25-31-23-33(52)17-20-46(31,36)5)37(48)12-10-34(48)27(2)8-14-42(55)51-32-16-19-47(6)30(22-32)24-41(54)45-38-13-11-35(28(3)9-15-43(56)57)50(38)29(4)49(50,58)26-39(45)47/h27-41,44-45,52-54,58H,7-26H2,1-6H3,(H,51,55)(H,56,57)/t27-,28-,29?,30+,31+,32+,33-,34-,35-,36+,37+,38+,39+,40-,41-,44-,45+,46+,47+,48-,49?,50-/m1/s1. The molecule has 9 aliphatic rings. The van der Waals surface area contributed by atoms with Crippen LogP contribution in [-0.4, -0.2) is 67.4 Å². The molecule has 1 amide bonds. The third-order valence-electron chi connectivity index (χ3n) is 22.4. The van der Waals surface area contributed by atoms with Crippen LogP contribution in [0.5, 0.6) is 0 Å². The number of hydrogen-bond donors (Lipinski definition) is 6. The number of carbonyl (C=O) groups excluding carboxylic acids is 1. The molecule has 328 valence electrons. The molecule has 2 unspecified atom stereocenters. The molecule has 0 bridgehead atoms. The number of aliphatic carboxylic acids is 1. The Labute approximate surface area is 349 Å². The Morgan fingerprint density at radius 1 is 0.707 bits per heavy atom.